The topological polar surface area (TPSA) is 243 Å². The Hall–Kier alpha value is -2.55. The first kappa shape index (κ1) is 34.3. The van der Waals surface area contributed by atoms with Gasteiger partial charge in [-0.15, -0.1) is 0 Å². The molecule has 1 heterocycles. The molecule has 3 fully saturated rings. The van der Waals surface area contributed by atoms with Crippen molar-refractivity contribution in [2.75, 3.05) is 25.3 Å². The number of carbonyl (C=O) groups excluding carboxylic acids is 2. The van der Waals surface area contributed by atoms with Gasteiger partial charge in [0.25, 0.3) is 0 Å². The summed E-state index contributed by atoms with van der Waals surface area (Å²) in [6.45, 7) is 2.77. The smallest absolute Gasteiger partial charge is 0.350 e. The summed E-state index contributed by atoms with van der Waals surface area (Å²) < 4.78 is 16.5. The van der Waals surface area contributed by atoms with Crippen molar-refractivity contribution in [3.8, 4) is 0 Å². The molecule has 4 aliphatic rings. The molecule has 8 N–H and O–H groups in total. The fourth-order valence-electron chi connectivity index (χ4n) is 8.09. The molecule has 0 radical (unpaired) electrons. The van der Waals surface area contributed by atoms with Crippen molar-refractivity contribution in [3.05, 3.63) is 46.5 Å². The predicted octanol–water partition coefficient (Wildman–Crippen LogP) is -0.104. The molecule has 14 nitrogen and oxygen atoms in total. The lowest BCUT2D eigenvalue weighted by atomic mass is 9.46. The van der Waals surface area contributed by atoms with E-state index in [2.05, 4.69) is 11.9 Å². The van der Waals surface area contributed by atoms with Gasteiger partial charge >= 0.3 is 13.3 Å². The normalized spacial score (nSPS) is 35.0. The molecule has 5 rings (SSSR count). The Bertz CT molecular complexity index is 1440. The number of fused-ring (bicyclic) bond motifs is 5. The number of allylic oxidation sites excluding steroid dienone is 4. The lowest BCUT2D eigenvalue weighted by molar-refractivity contribution is -0.178. The van der Waals surface area contributed by atoms with E-state index in [0.29, 0.717) is 12.8 Å². The molecule has 0 saturated heterocycles. The highest BCUT2D eigenvalue weighted by molar-refractivity contribution is 7.51. The quantitative estimate of drug-likeness (QED) is 0.184. The number of Topliss-reactive ketones (excluding diaryl/α,β-unsaturated/α-hetero) is 1. The lowest BCUT2D eigenvalue weighted by Crippen LogP contribution is -2.61. The monoisotopic (exact) mass is 639 g/mol. The average Bonchev–Trinajstić information content (AvgIpc) is 3.22. The molecule has 44 heavy (non-hydrogen) atoms. The van der Waals surface area contributed by atoms with Gasteiger partial charge in [-0.05, 0) is 62.2 Å². The summed E-state index contributed by atoms with van der Waals surface area (Å²) in [5.74, 6) is -0.164. The van der Waals surface area contributed by atoms with Gasteiger partial charge in [-0.1, -0.05) is 25.5 Å². The predicted molar refractivity (Wildman–Crippen MR) is 157 cm³/mol. The largest absolute Gasteiger partial charge is 0.394 e. The van der Waals surface area contributed by atoms with Gasteiger partial charge < -0.3 is 40.7 Å². The zero-order valence-corrected chi connectivity index (χ0v) is 25.7. The maximum Gasteiger partial charge on any atom is 0.350 e. The lowest BCUT2D eigenvalue weighted by Gasteiger charge is -2.59. The van der Waals surface area contributed by atoms with E-state index in [4.69, 9.17) is 25.4 Å². The molecule has 1 aromatic rings. The molecule has 8 atom stereocenters. The number of nitrogen functional groups attached to an aromatic ring is 1. The number of aliphatic hydroxyl groups excluding tert-OH is 3. The van der Waals surface area contributed by atoms with Crippen LogP contribution in [0, 0.1) is 28.6 Å². The summed E-state index contributed by atoms with van der Waals surface area (Å²) in [4.78, 5) is 56.2. The molecule has 1 aromatic heterocycles. The third-order valence-corrected chi connectivity index (χ3v) is 10.7. The second-order valence-electron chi connectivity index (χ2n) is 12.7. The summed E-state index contributed by atoms with van der Waals surface area (Å²) in [6.07, 6.45) is 7.30. The third-order valence-electron chi connectivity index (χ3n) is 10.2. The number of rotatable bonds is 8. The molecule has 0 spiro atoms. The minimum atomic E-state index is -4.31. The summed E-state index contributed by atoms with van der Waals surface area (Å²) in [5.41, 5.74) is 3.13. The Balaban J connectivity index is 0.000000217. The van der Waals surface area contributed by atoms with Crippen LogP contribution in [0.2, 0.25) is 0 Å². The molecule has 4 aliphatic carbocycles. The van der Waals surface area contributed by atoms with Crippen LogP contribution >= 0.6 is 7.60 Å². The average molecular weight is 640 g/mol. The fraction of sp³-hybridized carbons (Fsp3) is 0.655. The molecule has 0 amide bonds. The number of ether oxygens (including phenoxy) is 1. The van der Waals surface area contributed by atoms with Crippen molar-refractivity contribution in [3.63, 3.8) is 0 Å². The van der Waals surface area contributed by atoms with E-state index >= 15 is 0 Å². The Labute approximate surface area is 254 Å². The van der Waals surface area contributed by atoms with Gasteiger partial charge in [0.05, 0.1) is 25.4 Å². The first-order valence-electron chi connectivity index (χ1n) is 14.6. The van der Waals surface area contributed by atoms with E-state index in [1.165, 1.54) is 12.3 Å². The van der Waals surface area contributed by atoms with Crippen molar-refractivity contribution >= 4 is 25.0 Å². The molecule has 15 heteroatoms. The van der Waals surface area contributed by atoms with Crippen molar-refractivity contribution < 1.29 is 49.1 Å². The molecule has 0 aliphatic heterocycles. The number of hydrogen-bond acceptors (Lipinski definition) is 11. The number of ketones is 2. The Morgan fingerprint density at radius 1 is 1.25 bits per heavy atom. The van der Waals surface area contributed by atoms with E-state index in [1.54, 1.807) is 12.2 Å². The molecule has 0 bridgehead atoms. The number of aliphatic hydroxyl groups is 4. The van der Waals surface area contributed by atoms with Gasteiger partial charge in [-0.3, -0.25) is 18.7 Å². The van der Waals surface area contributed by atoms with E-state index in [-0.39, 0.29) is 41.3 Å². The Morgan fingerprint density at radius 3 is 2.57 bits per heavy atom. The van der Waals surface area contributed by atoms with Crippen molar-refractivity contribution in [2.45, 2.75) is 70.3 Å². The number of carbonyl (C=O) groups is 2. The maximum absolute atomic E-state index is 12.4. The second-order valence-corrected chi connectivity index (χ2v) is 14.3. The zero-order chi connectivity index (χ0) is 32.7. The Morgan fingerprint density at radius 2 is 1.95 bits per heavy atom. The van der Waals surface area contributed by atoms with Crippen LogP contribution in [-0.4, -0.2) is 88.7 Å². The number of hydrogen-bond donors (Lipinski definition) is 7. The number of nitrogens with zero attached hydrogens (tertiary/aromatic N) is 2. The van der Waals surface area contributed by atoms with Gasteiger partial charge in [0.2, 0.25) is 0 Å². The first-order chi connectivity index (χ1) is 20.5. The summed E-state index contributed by atoms with van der Waals surface area (Å²) in [7, 11) is -4.31. The molecular weight excluding hydrogens is 597 g/mol. The van der Waals surface area contributed by atoms with Crippen LogP contribution in [0.3, 0.4) is 0 Å². The van der Waals surface area contributed by atoms with Crippen molar-refractivity contribution in [1.29, 1.82) is 0 Å². The second kappa shape index (κ2) is 12.7. The Kier molecular flexibility index (Phi) is 9.90. The van der Waals surface area contributed by atoms with E-state index in [0.717, 1.165) is 29.4 Å². The molecule has 0 unspecified atom stereocenters. The van der Waals surface area contributed by atoms with Crippen LogP contribution < -0.4 is 11.4 Å². The zero-order valence-electron chi connectivity index (χ0n) is 24.8. The van der Waals surface area contributed by atoms with Crippen molar-refractivity contribution in [2.24, 2.45) is 28.6 Å². The van der Waals surface area contributed by atoms with E-state index in [9.17, 15) is 34.3 Å². The fourth-order valence-corrected chi connectivity index (χ4v) is 8.49. The minimum absolute atomic E-state index is 0.00912. The van der Waals surface area contributed by atoms with E-state index in [1.807, 2.05) is 13.0 Å². The van der Waals surface area contributed by atoms with E-state index < -0.39 is 61.9 Å². The summed E-state index contributed by atoms with van der Waals surface area (Å²) in [6, 6.07) is 1.39. The van der Waals surface area contributed by atoms with Crippen LogP contribution in [0.5, 0.6) is 0 Å². The number of anilines is 1. The standard InChI is InChI=1S/C21H28O5.C8H14N3O6P/c1-19-7-5-13(23)9-12(19)3-4-14-15-6-8-21(26,17(25)11-22)20(15,2)10-16(24)18(14)19;9-7-1-2-11(8(13)10-7)3-6(4-12)17-5-18(14,15)16/h5,7,9,14-16,18,22,24,26H,3-4,6,8,10-11H2,1-2H3;1-2,6,12H,3-5H2,(H2,9,10,13)(H2,14,15,16)/t14-,15-,16-,18+,19-,20-,21-;6-/m00/s1. The first-order valence-corrected chi connectivity index (χ1v) is 16.4. The highest BCUT2D eigenvalue weighted by Gasteiger charge is 2.67. The van der Waals surface area contributed by atoms with Crippen LogP contribution in [0.15, 0.2) is 40.9 Å². The van der Waals surface area contributed by atoms with Gasteiger partial charge in [0, 0.05) is 22.9 Å². The highest BCUT2D eigenvalue weighted by atomic mass is 31.2. The minimum Gasteiger partial charge on any atom is -0.394 e. The molecule has 3 saturated carbocycles. The summed E-state index contributed by atoms with van der Waals surface area (Å²) >= 11 is 0. The van der Waals surface area contributed by atoms with Crippen molar-refractivity contribution in [1.82, 2.24) is 9.55 Å². The third kappa shape index (κ3) is 6.40. The number of nitrogens with two attached hydrogens (primary N) is 1. The molecule has 244 valence electrons. The molecular formula is C29H42N3O11P. The van der Waals surface area contributed by atoms with Gasteiger partial charge in [0.15, 0.2) is 11.6 Å². The van der Waals surface area contributed by atoms with Gasteiger partial charge in [-0.2, -0.15) is 4.98 Å². The van der Waals surface area contributed by atoms with Crippen LogP contribution in [0.1, 0.15) is 46.0 Å². The number of aromatic nitrogens is 2. The van der Waals surface area contributed by atoms with Crippen LogP contribution in [0.4, 0.5) is 5.82 Å². The van der Waals surface area contributed by atoms with Crippen LogP contribution in [0.25, 0.3) is 0 Å². The van der Waals surface area contributed by atoms with Gasteiger partial charge in [0.1, 0.15) is 24.4 Å². The summed E-state index contributed by atoms with van der Waals surface area (Å²) in [5, 5.41) is 40.7. The van der Waals surface area contributed by atoms with Gasteiger partial charge in [-0.25, -0.2) is 4.79 Å². The highest BCUT2D eigenvalue weighted by Crippen LogP contribution is 2.67. The SMILES string of the molecule is C[C@]12C=CC(=O)C=C1CC[C@@H]1[C@@H]2[C@@H](O)C[C@@]2(C)[C@H]1CC[C@]2(O)C(=O)CO.Nc1ccn(C[C@@H](CO)OCP(=O)(O)O)c(=O)n1. The van der Waals surface area contributed by atoms with Crippen LogP contribution in [-0.2, 0) is 25.4 Å². The molecule has 0 aromatic carbocycles. The maximum atomic E-state index is 12.4.